The monoisotopic (exact) mass is 183 g/mol. The molecular formula is C10H11F2N. The fourth-order valence-corrected chi connectivity index (χ4v) is 1.45. The first-order valence-electron chi connectivity index (χ1n) is 4.28. The predicted octanol–water partition coefficient (Wildman–Crippen LogP) is 2.22. The van der Waals surface area contributed by atoms with E-state index in [0.29, 0.717) is 5.56 Å². The minimum absolute atomic E-state index is 0.0641. The maximum Gasteiger partial charge on any atom is 0.134 e. The molecular weight excluding hydrogens is 172 g/mol. The summed E-state index contributed by atoms with van der Waals surface area (Å²) in [5.74, 6) is -0.995. The molecule has 0 amide bonds. The van der Waals surface area contributed by atoms with E-state index >= 15 is 0 Å². The highest BCUT2D eigenvalue weighted by atomic mass is 19.1. The predicted molar refractivity (Wildman–Crippen MR) is 46.2 cm³/mol. The van der Waals surface area contributed by atoms with Gasteiger partial charge in [-0.1, -0.05) is 6.07 Å². The van der Waals surface area contributed by atoms with Crippen molar-refractivity contribution in [1.29, 1.82) is 0 Å². The summed E-state index contributed by atoms with van der Waals surface area (Å²) in [5.41, 5.74) is 5.81. The van der Waals surface area contributed by atoms with Crippen molar-refractivity contribution in [2.24, 2.45) is 5.73 Å². The third-order valence-corrected chi connectivity index (χ3v) is 2.65. The molecule has 1 saturated carbocycles. The van der Waals surface area contributed by atoms with E-state index in [1.54, 1.807) is 0 Å². The van der Waals surface area contributed by atoms with Crippen molar-refractivity contribution < 1.29 is 8.78 Å². The largest absolute Gasteiger partial charge is 0.321 e. The Labute approximate surface area is 75.6 Å². The molecule has 2 rings (SSSR count). The molecule has 0 bridgehead atoms. The smallest absolute Gasteiger partial charge is 0.134 e. The first-order chi connectivity index (χ1) is 6.04. The molecule has 0 aliphatic heterocycles. The zero-order chi connectivity index (χ0) is 9.64. The highest BCUT2D eigenvalue weighted by Crippen LogP contribution is 2.44. The van der Waals surface area contributed by atoms with Gasteiger partial charge in [0, 0.05) is 16.7 Å². The van der Waals surface area contributed by atoms with Gasteiger partial charge in [-0.15, -0.1) is 0 Å². The van der Waals surface area contributed by atoms with Crippen LogP contribution in [0.25, 0.3) is 0 Å². The third-order valence-electron chi connectivity index (χ3n) is 2.65. The molecule has 0 unspecified atom stereocenters. The molecule has 70 valence electrons. The minimum atomic E-state index is -0.525. The number of benzene rings is 1. The van der Waals surface area contributed by atoms with E-state index < -0.39 is 17.2 Å². The molecule has 0 spiro atoms. The summed E-state index contributed by atoms with van der Waals surface area (Å²) < 4.78 is 26.4. The maximum atomic E-state index is 13.5. The van der Waals surface area contributed by atoms with E-state index in [1.807, 2.05) is 0 Å². The lowest BCUT2D eigenvalue weighted by atomic mass is 10.0. The molecule has 1 aliphatic rings. The summed E-state index contributed by atoms with van der Waals surface area (Å²) in [6, 6.07) is 2.73. The van der Waals surface area contributed by atoms with E-state index in [-0.39, 0.29) is 5.56 Å². The van der Waals surface area contributed by atoms with Gasteiger partial charge in [0.1, 0.15) is 11.6 Å². The molecule has 3 heteroatoms. The number of halogens is 2. The van der Waals surface area contributed by atoms with Gasteiger partial charge >= 0.3 is 0 Å². The Morgan fingerprint density at radius 2 is 1.92 bits per heavy atom. The average molecular weight is 183 g/mol. The van der Waals surface area contributed by atoms with E-state index in [1.165, 1.54) is 19.1 Å². The summed E-state index contributed by atoms with van der Waals surface area (Å²) in [7, 11) is 0. The van der Waals surface area contributed by atoms with Crippen molar-refractivity contribution >= 4 is 0 Å². The molecule has 1 fully saturated rings. The zero-order valence-electron chi connectivity index (χ0n) is 7.40. The van der Waals surface area contributed by atoms with Gasteiger partial charge in [0.2, 0.25) is 0 Å². The van der Waals surface area contributed by atoms with E-state index in [9.17, 15) is 8.78 Å². The number of hydrogen-bond acceptors (Lipinski definition) is 1. The van der Waals surface area contributed by atoms with Crippen molar-refractivity contribution in [2.75, 3.05) is 0 Å². The van der Waals surface area contributed by atoms with Gasteiger partial charge in [-0.3, -0.25) is 0 Å². The molecule has 13 heavy (non-hydrogen) atoms. The molecule has 1 aromatic rings. The summed E-state index contributed by atoms with van der Waals surface area (Å²) >= 11 is 0. The van der Waals surface area contributed by atoms with Crippen LogP contribution < -0.4 is 5.73 Å². The molecule has 2 N–H and O–H groups in total. The molecule has 0 atom stereocenters. The van der Waals surface area contributed by atoms with Crippen molar-refractivity contribution in [3.05, 3.63) is 34.9 Å². The summed E-state index contributed by atoms with van der Waals surface area (Å²) in [6.07, 6.45) is 1.57. The lowest BCUT2D eigenvalue weighted by Gasteiger charge is -2.11. The third kappa shape index (κ3) is 1.23. The molecule has 0 aromatic heterocycles. The van der Waals surface area contributed by atoms with Crippen LogP contribution >= 0.6 is 0 Å². The number of nitrogens with two attached hydrogens (primary N) is 1. The van der Waals surface area contributed by atoms with Crippen LogP contribution in [0.3, 0.4) is 0 Å². The van der Waals surface area contributed by atoms with Gasteiger partial charge < -0.3 is 5.73 Å². The second-order valence-corrected chi connectivity index (χ2v) is 3.69. The van der Waals surface area contributed by atoms with Gasteiger partial charge in [0.15, 0.2) is 0 Å². The molecule has 1 aliphatic carbocycles. The van der Waals surface area contributed by atoms with Crippen molar-refractivity contribution in [3.8, 4) is 0 Å². The van der Waals surface area contributed by atoms with Crippen LogP contribution in [0.4, 0.5) is 8.78 Å². The lowest BCUT2D eigenvalue weighted by Crippen LogP contribution is -2.21. The summed E-state index contributed by atoms with van der Waals surface area (Å²) in [6.45, 7) is 1.43. The SMILES string of the molecule is Cc1c(F)ccc(C2(N)CC2)c1F. The number of rotatable bonds is 1. The van der Waals surface area contributed by atoms with Crippen LogP contribution in [0.5, 0.6) is 0 Å². The molecule has 0 radical (unpaired) electrons. The zero-order valence-corrected chi connectivity index (χ0v) is 7.40. The molecule has 0 saturated heterocycles. The fraction of sp³-hybridized carbons (Fsp3) is 0.400. The van der Waals surface area contributed by atoms with E-state index in [4.69, 9.17) is 5.73 Å². The van der Waals surface area contributed by atoms with Crippen molar-refractivity contribution in [3.63, 3.8) is 0 Å². The first kappa shape index (κ1) is 8.63. The topological polar surface area (TPSA) is 26.0 Å². The van der Waals surface area contributed by atoms with Gasteiger partial charge in [-0.2, -0.15) is 0 Å². The van der Waals surface area contributed by atoms with Crippen LogP contribution in [0.15, 0.2) is 12.1 Å². The fourth-order valence-electron chi connectivity index (χ4n) is 1.45. The van der Waals surface area contributed by atoms with Crippen molar-refractivity contribution in [1.82, 2.24) is 0 Å². The van der Waals surface area contributed by atoms with Crippen LogP contribution in [0.2, 0.25) is 0 Å². The Morgan fingerprint density at radius 1 is 1.31 bits per heavy atom. The van der Waals surface area contributed by atoms with Gasteiger partial charge in [0.25, 0.3) is 0 Å². The Balaban J connectivity index is 2.54. The molecule has 0 heterocycles. The molecule has 1 nitrogen and oxygen atoms in total. The quantitative estimate of drug-likeness (QED) is 0.709. The Bertz CT molecular complexity index is 356. The van der Waals surface area contributed by atoms with Gasteiger partial charge in [0.05, 0.1) is 0 Å². The first-order valence-corrected chi connectivity index (χ1v) is 4.28. The Kier molecular flexibility index (Phi) is 1.67. The lowest BCUT2D eigenvalue weighted by molar-refractivity contribution is 0.539. The van der Waals surface area contributed by atoms with Crippen molar-refractivity contribution in [2.45, 2.75) is 25.3 Å². The molecule has 1 aromatic carbocycles. The highest BCUT2D eigenvalue weighted by Gasteiger charge is 2.42. The van der Waals surface area contributed by atoms with E-state index in [0.717, 1.165) is 12.8 Å². The van der Waals surface area contributed by atoms with Crippen LogP contribution in [-0.2, 0) is 5.54 Å². The highest BCUT2D eigenvalue weighted by molar-refractivity contribution is 5.35. The minimum Gasteiger partial charge on any atom is -0.321 e. The number of hydrogen-bond donors (Lipinski definition) is 1. The second-order valence-electron chi connectivity index (χ2n) is 3.69. The van der Waals surface area contributed by atoms with Gasteiger partial charge in [-0.05, 0) is 25.8 Å². The van der Waals surface area contributed by atoms with Crippen LogP contribution in [0.1, 0.15) is 24.0 Å². The average Bonchev–Trinajstić information content (AvgIpc) is 2.80. The van der Waals surface area contributed by atoms with Crippen LogP contribution in [0, 0.1) is 18.6 Å². The van der Waals surface area contributed by atoms with Crippen LogP contribution in [-0.4, -0.2) is 0 Å². The van der Waals surface area contributed by atoms with E-state index in [2.05, 4.69) is 0 Å². The normalized spacial score (nSPS) is 18.8. The summed E-state index contributed by atoms with van der Waals surface area (Å²) in [4.78, 5) is 0. The summed E-state index contributed by atoms with van der Waals surface area (Å²) in [5, 5.41) is 0. The maximum absolute atomic E-state index is 13.5. The Morgan fingerprint density at radius 3 is 2.46 bits per heavy atom. The Hall–Kier alpha value is -0.960. The second kappa shape index (κ2) is 2.51. The standard InChI is InChI=1S/C10H11F2N/c1-6-8(11)3-2-7(9(6)12)10(13)4-5-10/h2-3H,4-5,13H2,1H3. The van der Waals surface area contributed by atoms with Gasteiger partial charge in [-0.25, -0.2) is 8.78 Å².